The quantitative estimate of drug-likeness (QED) is 0.841. The van der Waals surface area contributed by atoms with Crippen LogP contribution in [0.15, 0.2) is 36.4 Å². The Morgan fingerprint density at radius 3 is 2.35 bits per heavy atom. The number of ether oxygens (including phenoxy) is 1. The number of fused-ring (bicyclic) bond motifs is 1. The second-order valence-electron chi connectivity index (χ2n) is 6.05. The maximum absolute atomic E-state index is 12.1. The molecule has 0 amide bonds. The standard InChI is InChI=1S/C17H20O3/c1-11(16(19)20-17(2,3)4)12-5-6-14-10-15(18)8-7-13(14)9-12/h5-11,18H,1-4H3. The van der Waals surface area contributed by atoms with Gasteiger partial charge in [-0.05, 0) is 56.2 Å². The zero-order chi connectivity index (χ0) is 14.9. The first-order valence-corrected chi connectivity index (χ1v) is 6.72. The average molecular weight is 272 g/mol. The van der Waals surface area contributed by atoms with Crippen molar-refractivity contribution in [2.75, 3.05) is 0 Å². The van der Waals surface area contributed by atoms with Crippen LogP contribution in [0.5, 0.6) is 5.75 Å². The molecule has 1 unspecified atom stereocenters. The van der Waals surface area contributed by atoms with E-state index in [0.29, 0.717) is 0 Å². The first-order valence-electron chi connectivity index (χ1n) is 6.72. The van der Waals surface area contributed by atoms with Gasteiger partial charge in [-0.1, -0.05) is 24.3 Å². The molecule has 0 saturated heterocycles. The minimum atomic E-state index is -0.478. The highest BCUT2D eigenvalue weighted by molar-refractivity contribution is 5.86. The van der Waals surface area contributed by atoms with Crippen LogP contribution in [-0.2, 0) is 9.53 Å². The maximum Gasteiger partial charge on any atom is 0.313 e. The lowest BCUT2D eigenvalue weighted by Crippen LogP contribution is -2.26. The van der Waals surface area contributed by atoms with E-state index in [-0.39, 0.29) is 17.6 Å². The minimum Gasteiger partial charge on any atom is -0.508 e. The van der Waals surface area contributed by atoms with Gasteiger partial charge in [-0.25, -0.2) is 0 Å². The van der Waals surface area contributed by atoms with E-state index in [2.05, 4.69) is 0 Å². The van der Waals surface area contributed by atoms with Gasteiger partial charge in [-0.15, -0.1) is 0 Å². The van der Waals surface area contributed by atoms with E-state index in [0.717, 1.165) is 16.3 Å². The van der Waals surface area contributed by atoms with Crippen molar-refractivity contribution in [1.82, 2.24) is 0 Å². The summed E-state index contributed by atoms with van der Waals surface area (Å²) in [5.74, 6) is -0.298. The lowest BCUT2D eigenvalue weighted by atomic mass is 9.97. The molecule has 0 fully saturated rings. The molecule has 2 aromatic rings. The fourth-order valence-corrected chi connectivity index (χ4v) is 2.05. The van der Waals surface area contributed by atoms with E-state index in [9.17, 15) is 9.90 Å². The summed E-state index contributed by atoms with van der Waals surface area (Å²) in [5, 5.41) is 11.4. The molecule has 20 heavy (non-hydrogen) atoms. The predicted molar refractivity (Wildman–Crippen MR) is 79.9 cm³/mol. The molecule has 1 N–H and O–H groups in total. The fraction of sp³-hybridized carbons (Fsp3) is 0.353. The van der Waals surface area contributed by atoms with E-state index in [1.54, 1.807) is 12.1 Å². The number of aromatic hydroxyl groups is 1. The van der Waals surface area contributed by atoms with Gasteiger partial charge in [-0.3, -0.25) is 4.79 Å². The van der Waals surface area contributed by atoms with Crippen LogP contribution in [0.25, 0.3) is 10.8 Å². The Balaban J connectivity index is 2.28. The molecule has 0 aliphatic rings. The fourth-order valence-electron chi connectivity index (χ4n) is 2.05. The summed E-state index contributed by atoms with van der Waals surface area (Å²) in [6, 6.07) is 11.0. The Morgan fingerprint density at radius 1 is 1.10 bits per heavy atom. The normalized spacial score (nSPS) is 13.2. The van der Waals surface area contributed by atoms with Crippen LogP contribution >= 0.6 is 0 Å². The third-order valence-electron chi connectivity index (χ3n) is 3.11. The molecule has 0 aromatic heterocycles. The van der Waals surface area contributed by atoms with Crippen molar-refractivity contribution in [1.29, 1.82) is 0 Å². The number of phenolic OH excluding ortho intramolecular Hbond substituents is 1. The lowest BCUT2D eigenvalue weighted by Gasteiger charge is -2.22. The van der Waals surface area contributed by atoms with Crippen LogP contribution in [-0.4, -0.2) is 16.7 Å². The summed E-state index contributed by atoms with van der Waals surface area (Å²) in [5.41, 5.74) is 0.436. The topological polar surface area (TPSA) is 46.5 Å². The summed E-state index contributed by atoms with van der Waals surface area (Å²) in [6.45, 7) is 7.43. The number of benzene rings is 2. The summed E-state index contributed by atoms with van der Waals surface area (Å²) in [6.07, 6.45) is 0. The summed E-state index contributed by atoms with van der Waals surface area (Å²) < 4.78 is 5.41. The Morgan fingerprint density at radius 2 is 1.70 bits per heavy atom. The Labute approximate surface area is 119 Å². The van der Waals surface area contributed by atoms with Crippen LogP contribution in [0, 0.1) is 0 Å². The van der Waals surface area contributed by atoms with E-state index in [1.165, 1.54) is 0 Å². The van der Waals surface area contributed by atoms with Crippen molar-refractivity contribution in [2.24, 2.45) is 0 Å². The van der Waals surface area contributed by atoms with Gasteiger partial charge in [0, 0.05) is 0 Å². The number of hydrogen-bond donors (Lipinski definition) is 1. The van der Waals surface area contributed by atoms with Gasteiger partial charge in [-0.2, -0.15) is 0 Å². The molecule has 0 aliphatic heterocycles. The molecule has 0 aliphatic carbocycles. The first kappa shape index (κ1) is 14.4. The Kier molecular flexibility index (Phi) is 3.71. The van der Waals surface area contributed by atoms with Gasteiger partial charge in [0.1, 0.15) is 11.4 Å². The number of rotatable bonds is 2. The van der Waals surface area contributed by atoms with Crippen LogP contribution in [0.4, 0.5) is 0 Å². The summed E-state index contributed by atoms with van der Waals surface area (Å²) in [4.78, 5) is 12.1. The largest absolute Gasteiger partial charge is 0.508 e. The van der Waals surface area contributed by atoms with Crippen LogP contribution in [0.2, 0.25) is 0 Å². The number of hydrogen-bond acceptors (Lipinski definition) is 3. The van der Waals surface area contributed by atoms with Gasteiger partial charge >= 0.3 is 5.97 Å². The summed E-state index contributed by atoms with van der Waals surface area (Å²) >= 11 is 0. The number of carbonyl (C=O) groups excluding carboxylic acids is 1. The van der Waals surface area contributed by atoms with Crippen molar-refractivity contribution in [3.05, 3.63) is 42.0 Å². The molecule has 106 valence electrons. The molecule has 0 bridgehead atoms. The van der Waals surface area contributed by atoms with Gasteiger partial charge in [0.2, 0.25) is 0 Å². The van der Waals surface area contributed by atoms with Crippen molar-refractivity contribution >= 4 is 16.7 Å². The first-order chi connectivity index (χ1) is 9.26. The van der Waals surface area contributed by atoms with E-state index in [1.807, 2.05) is 52.0 Å². The third-order valence-corrected chi connectivity index (χ3v) is 3.11. The van der Waals surface area contributed by atoms with Gasteiger partial charge in [0.25, 0.3) is 0 Å². The molecular weight excluding hydrogens is 252 g/mol. The number of carbonyl (C=O) groups is 1. The molecule has 0 heterocycles. The smallest absolute Gasteiger partial charge is 0.313 e. The SMILES string of the molecule is CC(C(=O)OC(C)(C)C)c1ccc2cc(O)ccc2c1. The Hall–Kier alpha value is -2.03. The van der Waals surface area contributed by atoms with E-state index < -0.39 is 5.60 Å². The highest BCUT2D eigenvalue weighted by atomic mass is 16.6. The maximum atomic E-state index is 12.1. The van der Waals surface area contributed by atoms with Gasteiger partial charge < -0.3 is 9.84 Å². The predicted octanol–water partition coefficient (Wildman–Crippen LogP) is 3.99. The number of phenols is 1. The van der Waals surface area contributed by atoms with Gasteiger partial charge in [0.15, 0.2) is 0 Å². The number of esters is 1. The molecule has 2 rings (SSSR count). The molecular formula is C17H20O3. The summed E-state index contributed by atoms with van der Waals surface area (Å²) in [7, 11) is 0. The third kappa shape index (κ3) is 3.29. The Bertz CT molecular complexity index is 638. The van der Waals surface area contributed by atoms with Crippen molar-refractivity contribution in [3.8, 4) is 5.75 Å². The monoisotopic (exact) mass is 272 g/mol. The molecule has 1 atom stereocenters. The average Bonchev–Trinajstić information content (AvgIpc) is 2.35. The molecule has 0 saturated carbocycles. The highest BCUT2D eigenvalue weighted by Crippen LogP contribution is 2.26. The highest BCUT2D eigenvalue weighted by Gasteiger charge is 2.23. The van der Waals surface area contributed by atoms with Crippen LogP contribution in [0.1, 0.15) is 39.2 Å². The van der Waals surface area contributed by atoms with E-state index in [4.69, 9.17) is 4.74 Å². The lowest BCUT2D eigenvalue weighted by molar-refractivity contribution is -0.156. The molecule has 2 aromatic carbocycles. The van der Waals surface area contributed by atoms with Crippen molar-refractivity contribution in [2.45, 2.75) is 39.2 Å². The molecule has 0 spiro atoms. The second-order valence-corrected chi connectivity index (χ2v) is 6.05. The van der Waals surface area contributed by atoms with Crippen LogP contribution in [0.3, 0.4) is 0 Å². The van der Waals surface area contributed by atoms with Crippen LogP contribution < -0.4 is 0 Å². The minimum absolute atomic E-state index is 0.226. The van der Waals surface area contributed by atoms with Gasteiger partial charge in [0.05, 0.1) is 5.92 Å². The van der Waals surface area contributed by atoms with E-state index >= 15 is 0 Å². The molecule has 3 heteroatoms. The zero-order valence-corrected chi connectivity index (χ0v) is 12.3. The molecule has 3 nitrogen and oxygen atoms in total. The van der Waals surface area contributed by atoms with Crippen molar-refractivity contribution in [3.63, 3.8) is 0 Å². The zero-order valence-electron chi connectivity index (χ0n) is 12.3. The molecule has 0 radical (unpaired) electrons. The second kappa shape index (κ2) is 5.16. The van der Waals surface area contributed by atoms with Crippen molar-refractivity contribution < 1.29 is 14.6 Å².